The zero-order chi connectivity index (χ0) is 22.6. The minimum Gasteiger partial charge on any atom is -0.507 e. The second-order valence-corrected chi connectivity index (χ2v) is 9.11. The fourth-order valence-electron chi connectivity index (χ4n) is 4.95. The van der Waals surface area contributed by atoms with E-state index in [9.17, 15) is 5.11 Å². The zero-order valence-corrected chi connectivity index (χ0v) is 19.2. The number of phenolic OH excluding ortho intramolecular Hbond substituents is 1. The number of hydrogen-bond donors (Lipinski definition) is 2. The molecule has 0 fully saturated rings. The smallest absolute Gasteiger partial charge is 0.124 e. The van der Waals surface area contributed by atoms with E-state index in [0.29, 0.717) is 5.75 Å². The van der Waals surface area contributed by atoms with Crippen molar-refractivity contribution < 1.29 is 5.11 Å². The van der Waals surface area contributed by atoms with Crippen molar-refractivity contribution in [2.75, 3.05) is 0 Å². The Kier molecular flexibility index (Phi) is 6.28. The standard InChI is InChI=1S/C31H31NO/c1-22(25-8-4-2-5-9-25)32-30(27-10-6-3-7-11-27)29-26-18-16-23-12-14-24(15-13-23)17-19-28(21-20-26)31(29)33/h2-15,20-22,30,32-33H,16-19H2,1H3/t22-,30?/m0/s1. The second kappa shape index (κ2) is 9.64. The van der Waals surface area contributed by atoms with Gasteiger partial charge in [0.2, 0.25) is 0 Å². The van der Waals surface area contributed by atoms with Crippen LogP contribution in [0.5, 0.6) is 5.75 Å². The van der Waals surface area contributed by atoms with Gasteiger partial charge in [-0.3, -0.25) is 5.32 Å². The Hall–Kier alpha value is -3.36. The van der Waals surface area contributed by atoms with E-state index in [1.807, 2.05) is 6.07 Å². The summed E-state index contributed by atoms with van der Waals surface area (Å²) in [5.41, 5.74) is 8.33. The molecule has 2 nitrogen and oxygen atoms in total. The predicted molar refractivity (Wildman–Crippen MR) is 136 cm³/mol. The van der Waals surface area contributed by atoms with Crippen molar-refractivity contribution in [1.82, 2.24) is 5.32 Å². The fraction of sp³-hybridized carbons (Fsp3) is 0.226. The molecule has 33 heavy (non-hydrogen) atoms. The Morgan fingerprint density at radius 1 is 0.606 bits per heavy atom. The first kappa shape index (κ1) is 21.5. The molecule has 0 radical (unpaired) electrons. The average Bonchev–Trinajstić information content (AvgIpc) is 2.86. The summed E-state index contributed by atoms with van der Waals surface area (Å²) in [6.45, 7) is 2.20. The molecule has 0 spiro atoms. The van der Waals surface area contributed by atoms with Gasteiger partial charge in [0.1, 0.15) is 5.75 Å². The molecule has 4 aromatic carbocycles. The van der Waals surface area contributed by atoms with Crippen LogP contribution >= 0.6 is 0 Å². The summed E-state index contributed by atoms with van der Waals surface area (Å²) in [7, 11) is 0. The lowest BCUT2D eigenvalue weighted by Crippen LogP contribution is -2.27. The van der Waals surface area contributed by atoms with Crippen LogP contribution in [0, 0.1) is 0 Å². The Labute approximate surface area is 196 Å². The first-order valence-corrected chi connectivity index (χ1v) is 12.0. The molecule has 2 N–H and O–H groups in total. The average molecular weight is 434 g/mol. The molecular weight excluding hydrogens is 402 g/mol. The highest BCUT2D eigenvalue weighted by molar-refractivity contribution is 5.51. The molecule has 8 rings (SSSR count). The largest absolute Gasteiger partial charge is 0.507 e. The molecule has 1 unspecified atom stereocenters. The molecule has 0 saturated heterocycles. The summed E-state index contributed by atoms with van der Waals surface area (Å²) < 4.78 is 0. The first-order chi connectivity index (χ1) is 16.2. The minimum absolute atomic E-state index is 0.0970. The van der Waals surface area contributed by atoms with Crippen LogP contribution in [-0.4, -0.2) is 5.11 Å². The van der Waals surface area contributed by atoms with Crippen LogP contribution in [0.4, 0.5) is 0 Å². The van der Waals surface area contributed by atoms with Crippen LogP contribution in [0.3, 0.4) is 0 Å². The molecule has 0 heterocycles. The molecule has 4 aliphatic rings. The minimum atomic E-state index is -0.0970. The van der Waals surface area contributed by atoms with E-state index in [1.165, 1.54) is 27.8 Å². The van der Waals surface area contributed by atoms with Gasteiger partial charge in [0.15, 0.2) is 0 Å². The normalized spacial score (nSPS) is 14.9. The van der Waals surface area contributed by atoms with Crippen molar-refractivity contribution in [1.29, 1.82) is 0 Å². The molecule has 4 bridgehead atoms. The van der Waals surface area contributed by atoms with Crippen molar-refractivity contribution in [2.24, 2.45) is 0 Å². The molecule has 0 aliphatic heterocycles. The maximum atomic E-state index is 11.6. The molecule has 166 valence electrons. The van der Waals surface area contributed by atoms with Gasteiger partial charge in [-0.15, -0.1) is 0 Å². The van der Waals surface area contributed by atoms with Gasteiger partial charge in [-0.1, -0.05) is 97.1 Å². The predicted octanol–water partition coefficient (Wildman–Crippen LogP) is 6.72. The number of rotatable bonds is 5. The van der Waals surface area contributed by atoms with E-state index >= 15 is 0 Å². The monoisotopic (exact) mass is 433 g/mol. The molecule has 2 atom stereocenters. The Balaban J connectivity index is 1.59. The molecule has 0 amide bonds. The summed E-state index contributed by atoms with van der Waals surface area (Å²) in [6, 6.07) is 34.4. The van der Waals surface area contributed by atoms with Crippen molar-refractivity contribution in [2.45, 2.75) is 44.7 Å². The highest BCUT2D eigenvalue weighted by atomic mass is 16.3. The van der Waals surface area contributed by atoms with Crippen LogP contribution in [0.15, 0.2) is 97.1 Å². The number of aryl methyl sites for hydroxylation is 4. The third kappa shape index (κ3) is 4.72. The summed E-state index contributed by atoms with van der Waals surface area (Å²) in [6.07, 6.45) is 3.61. The highest BCUT2D eigenvalue weighted by Crippen LogP contribution is 2.38. The lowest BCUT2D eigenvalue weighted by atomic mass is 9.86. The summed E-state index contributed by atoms with van der Waals surface area (Å²) in [5, 5.41) is 15.5. The maximum Gasteiger partial charge on any atom is 0.124 e. The lowest BCUT2D eigenvalue weighted by molar-refractivity contribution is 0.438. The van der Waals surface area contributed by atoms with E-state index in [2.05, 4.69) is 103 Å². The third-order valence-corrected chi connectivity index (χ3v) is 6.92. The topological polar surface area (TPSA) is 32.3 Å². The van der Waals surface area contributed by atoms with Gasteiger partial charge < -0.3 is 5.11 Å². The van der Waals surface area contributed by atoms with Crippen LogP contribution in [0.25, 0.3) is 0 Å². The highest BCUT2D eigenvalue weighted by Gasteiger charge is 2.25. The van der Waals surface area contributed by atoms with E-state index in [1.54, 1.807) is 0 Å². The van der Waals surface area contributed by atoms with Crippen molar-refractivity contribution >= 4 is 0 Å². The first-order valence-electron chi connectivity index (χ1n) is 12.0. The summed E-state index contributed by atoms with van der Waals surface area (Å²) >= 11 is 0. The summed E-state index contributed by atoms with van der Waals surface area (Å²) in [5.74, 6) is 0.448. The number of phenols is 1. The molecule has 2 heteroatoms. The molecule has 4 aromatic rings. The van der Waals surface area contributed by atoms with Gasteiger partial charge in [-0.05, 0) is 66.0 Å². The van der Waals surface area contributed by atoms with Crippen LogP contribution < -0.4 is 5.32 Å². The lowest BCUT2D eigenvalue weighted by Gasteiger charge is -2.28. The number of benzene rings is 4. The number of hydrogen-bond acceptors (Lipinski definition) is 2. The third-order valence-electron chi connectivity index (χ3n) is 6.92. The second-order valence-electron chi connectivity index (χ2n) is 9.11. The van der Waals surface area contributed by atoms with Gasteiger partial charge in [0, 0.05) is 11.6 Å². The van der Waals surface area contributed by atoms with Gasteiger partial charge in [0.25, 0.3) is 0 Å². The Morgan fingerprint density at radius 3 is 1.73 bits per heavy atom. The summed E-state index contributed by atoms with van der Waals surface area (Å²) in [4.78, 5) is 0. The maximum absolute atomic E-state index is 11.6. The van der Waals surface area contributed by atoms with Crippen molar-refractivity contribution in [3.8, 4) is 5.75 Å². The van der Waals surface area contributed by atoms with Gasteiger partial charge in [-0.2, -0.15) is 0 Å². The van der Waals surface area contributed by atoms with Crippen LogP contribution in [0.2, 0.25) is 0 Å². The molecule has 4 aliphatic carbocycles. The molecule has 0 aromatic heterocycles. The number of aromatic hydroxyl groups is 1. The molecule has 0 saturated carbocycles. The Bertz CT molecular complexity index is 1200. The van der Waals surface area contributed by atoms with Crippen molar-refractivity contribution in [3.05, 3.63) is 136 Å². The zero-order valence-electron chi connectivity index (χ0n) is 19.2. The van der Waals surface area contributed by atoms with E-state index in [-0.39, 0.29) is 12.1 Å². The van der Waals surface area contributed by atoms with Crippen LogP contribution in [-0.2, 0) is 25.7 Å². The van der Waals surface area contributed by atoms with E-state index in [4.69, 9.17) is 0 Å². The quantitative estimate of drug-likeness (QED) is 0.366. The van der Waals surface area contributed by atoms with E-state index < -0.39 is 0 Å². The van der Waals surface area contributed by atoms with Gasteiger partial charge >= 0.3 is 0 Å². The fourth-order valence-corrected chi connectivity index (χ4v) is 4.95. The van der Waals surface area contributed by atoms with Gasteiger partial charge in [-0.25, -0.2) is 0 Å². The van der Waals surface area contributed by atoms with E-state index in [0.717, 1.165) is 36.8 Å². The van der Waals surface area contributed by atoms with Crippen LogP contribution in [0.1, 0.15) is 58.0 Å². The van der Waals surface area contributed by atoms with Gasteiger partial charge in [0.05, 0.1) is 6.04 Å². The Morgan fingerprint density at radius 2 is 1.12 bits per heavy atom. The van der Waals surface area contributed by atoms with Crippen molar-refractivity contribution in [3.63, 3.8) is 0 Å². The number of nitrogens with one attached hydrogen (secondary N) is 1. The molecular formula is C31H31NO. The SMILES string of the molecule is C[C@H](NC(c1ccccc1)c1c2ccc(c1O)CCc1ccc(cc1)CC2)c1ccccc1.